The van der Waals surface area contributed by atoms with Gasteiger partial charge in [0, 0.05) is 25.3 Å². The molecule has 266 valence electrons. The number of aliphatic hydroxyl groups excluding tert-OH is 1. The van der Waals surface area contributed by atoms with Crippen molar-refractivity contribution in [2.45, 2.75) is 63.6 Å². The second-order valence-corrected chi connectivity index (χ2v) is 11.7. The Hall–Kier alpha value is -4.32. The largest absolute Gasteiger partial charge is 0.467 e. The van der Waals surface area contributed by atoms with E-state index in [0.29, 0.717) is 24.3 Å². The number of alkyl halides is 9. The van der Waals surface area contributed by atoms with Crippen molar-refractivity contribution >= 4 is 11.6 Å². The molecule has 9 nitrogen and oxygen atoms in total. The maximum Gasteiger partial charge on any atom is 0.416 e. The first-order valence-corrected chi connectivity index (χ1v) is 14.9. The first-order valence-electron chi connectivity index (χ1n) is 14.9. The Bertz CT molecular complexity index is 1690. The van der Waals surface area contributed by atoms with E-state index >= 15 is 0 Å². The first kappa shape index (κ1) is 36.0. The van der Waals surface area contributed by atoms with Gasteiger partial charge in [-0.25, -0.2) is 0 Å². The van der Waals surface area contributed by atoms with Crippen molar-refractivity contribution in [3.05, 3.63) is 87.9 Å². The molecule has 0 fully saturated rings. The number of nitrogens with zero attached hydrogens (tertiary/aromatic N) is 6. The van der Waals surface area contributed by atoms with Crippen LogP contribution in [0, 0.1) is 6.92 Å². The fourth-order valence-corrected chi connectivity index (χ4v) is 5.84. The lowest BCUT2D eigenvalue weighted by Gasteiger charge is -2.33. The predicted octanol–water partition coefficient (Wildman–Crippen LogP) is 7.09. The minimum absolute atomic E-state index is 0.0128. The molecule has 1 aliphatic rings. The molecule has 18 heteroatoms. The monoisotopic (exact) mass is 706 g/mol. The average molecular weight is 707 g/mol. The van der Waals surface area contributed by atoms with Crippen molar-refractivity contribution in [2.24, 2.45) is 7.05 Å². The van der Waals surface area contributed by atoms with Gasteiger partial charge in [0.15, 0.2) is 0 Å². The molecular weight excluding hydrogens is 675 g/mol. The van der Waals surface area contributed by atoms with Gasteiger partial charge < -0.3 is 24.1 Å². The Balaban J connectivity index is 1.56. The van der Waals surface area contributed by atoms with E-state index in [1.165, 1.54) is 31.2 Å². The lowest BCUT2D eigenvalue weighted by Crippen LogP contribution is -2.36. The second-order valence-electron chi connectivity index (χ2n) is 11.7. The van der Waals surface area contributed by atoms with Gasteiger partial charge in [0.05, 0.1) is 48.8 Å². The summed E-state index contributed by atoms with van der Waals surface area (Å²) in [6, 6.07) is 5.80. The Labute approximate surface area is 273 Å². The Morgan fingerprint density at radius 2 is 1.69 bits per heavy atom. The third kappa shape index (κ3) is 8.65. The number of hydrogen-bond acceptors (Lipinski definition) is 8. The summed E-state index contributed by atoms with van der Waals surface area (Å²) in [5, 5.41) is 22.7. The van der Waals surface area contributed by atoms with Gasteiger partial charge in [0.1, 0.15) is 12.4 Å². The molecule has 2 aromatic heterocycles. The van der Waals surface area contributed by atoms with E-state index < -0.39 is 53.9 Å². The number of benzene rings is 2. The number of β-amino-alcohol motifs (C(OH)–C–C–N with tert-alkyl or cyclic N) is 1. The van der Waals surface area contributed by atoms with Crippen LogP contribution in [0.15, 0.2) is 53.1 Å². The van der Waals surface area contributed by atoms with Crippen LogP contribution in [0.4, 0.5) is 51.1 Å². The molecule has 49 heavy (non-hydrogen) atoms. The number of hydrogen-bond donors (Lipinski definition) is 1. The predicted molar refractivity (Wildman–Crippen MR) is 156 cm³/mol. The van der Waals surface area contributed by atoms with Crippen molar-refractivity contribution in [1.82, 2.24) is 20.2 Å². The minimum Gasteiger partial charge on any atom is -0.467 e. The first-order chi connectivity index (χ1) is 22.9. The Morgan fingerprint density at radius 3 is 2.27 bits per heavy atom. The van der Waals surface area contributed by atoms with E-state index in [1.54, 1.807) is 17.0 Å². The number of rotatable bonds is 10. The van der Waals surface area contributed by atoms with E-state index in [4.69, 9.17) is 9.15 Å². The van der Waals surface area contributed by atoms with Crippen molar-refractivity contribution in [2.75, 3.05) is 29.5 Å². The van der Waals surface area contributed by atoms with E-state index in [0.717, 1.165) is 10.9 Å². The number of aliphatic hydroxyl groups is 1. The van der Waals surface area contributed by atoms with E-state index in [1.807, 2.05) is 0 Å². The molecule has 1 unspecified atom stereocenters. The van der Waals surface area contributed by atoms with Crippen molar-refractivity contribution in [3.8, 4) is 0 Å². The summed E-state index contributed by atoms with van der Waals surface area (Å²) in [7, 11) is 1.40. The van der Waals surface area contributed by atoms with Gasteiger partial charge in [-0.05, 0) is 78.1 Å². The van der Waals surface area contributed by atoms with Gasteiger partial charge in [-0.15, -0.1) is 5.10 Å². The van der Waals surface area contributed by atoms with Crippen LogP contribution in [0.2, 0.25) is 0 Å². The molecule has 0 aliphatic carbocycles. The highest BCUT2D eigenvalue weighted by Crippen LogP contribution is 2.44. The number of halogens is 9. The van der Waals surface area contributed by atoms with Gasteiger partial charge in [-0.2, -0.15) is 44.3 Å². The highest BCUT2D eigenvalue weighted by Gasteiger charge is 2.39. The summed E-state index contributed by atoms with van der Waals surface area (Å²) in [5.41, 5.74) is -4.19. The molecule has 0 radical (unpaired) electrons. The van der Waals surface area contributed by atoms with Crippen LogP contribution in [0.1, 0.15) is 58.0 Å². The summed E-state index contributed by atoms with van der Waals surface area (Å²) >= 11 is 0. The number of fused-ring (bicyclic) bond motifs is 1. The summed E-state index contributed by atoms with van der Waals surface area (Å²) in [5.74, 6) is 0.336. The van der Waals surface area contributed by atoms with Crippen LogP contribution in [-0.4, -0.2) is 51.1 Å². The molecule has 4 aromatic rings. The maximum absolute atomic E-state index is 14.2. The highest BCUT2D eigenvalue weighted by molar-refractivity contribution is 5.62. The molecule has 2 aromatic carbocycles. The molecule has 3 heterocycles. The maximum atomic E-state index is 14.2. The van der Waals surface area contributed by atoms with Crippen LogP contribution < -0.4 is 9.80 Å². The number of aromatic nitrogens is 4. The zero-order chi connectivity index (χ0) is 35.7. The quantitative estimate of drug-likeness (QED) is 0.175. The number of tetrazole rings is 1. The summed E-state index contributed by atoms with van der Waals surface area (Å²) in [6.45, 7) is 0.547. The Kier molecular flexibility index (Phi) is 10.2. The fraction of sp³-hybridized carbons (Fsp3) is 0.452. The minimum atomic E-state index is -5.10. The third-order valence-corrected chi connectivity index (χ3v) is 7.98. The van der Waals surface area contributed by atoms with E-state index in [9.17, 15) is 44.6 Å². The summed E-state index contributed by atoms with van der Waals surface area (Å²) in [6.07, 6.45) is -14.2. The lowest BCUT2D eigenvalue weighted by molar-refractivity contribution is -0.143. The molecule has 1 aliphatic heterocycles. The molecule has 0 bridgehead atoms. The SMILES string of the molecule is Cc1cc2c(cc1C(F)(F)F)N(CC(O)COCc1ccco1)CCC[C@@H]2N(Cc1cc(C(F)(F)F)cc(C(F)(F)F)c1)c1nnn(C)n1. The van der Waals surface area contributed by atoms with Gasteiger partial charge in [-0.3, -0.25) is 0 Å². The van der Waals surface area contributed by atoms with Crippen LogP contribution >= 0.6 is 0 Å². The van der Waals surface area contributed by atoms with Crippen LogP contribution in [0.25, 0.3) is 0 Å². The number of aryl methyl sites for hydroxylation is 2. The highest BCUT2D eigenvalue weighted by atomic mass is 19.4. The molecule has 5 rings (SSSR count). The van der Waals surface area contributed by atoms with E-state index in [-0.39, 0.29) is 67.1 Å². The van der Waals surface area contributed by atoms with Gasteiger partial charge in [-0.1, -0.05) is 11.2 Å². The molecule has 1 N–H and O–H groups in total. The third-order valence-electron chi connectivity index (χ3n) is 7.98. The average Bonchev–Trinajstić information content (AvgIpc) is 3.64. The summed E-state index contributed by atoms with van der Waals surface area (Å²) in [4.78, 5) is 3.93. The molecule has 0 saturated carbocycles. The second kappa shape index (κ2) is 13.9. The lowest BCUT2D eigenvalue weighted by atomic mass is 9.94. The standard InChI is InChI=1S/C31H31F9N6O3/c1-18-9-24-26(46(28-41-43-44(2)42-28)14-19-10-20(29(32,33)34)12-21(11-19)30(35,36)37)6-3-7-45(27(24)13-25(18)31(38,39)40)15-22(47)16-48-17-23-5-4-8-49-23/h4-5,8-13,22,26,47H,3,6-7,14-17H2,1-2H3/t22?,26-/m0/s1. The van der Waals surface area contributed by atoms with Crippen molar-refractivity contribution in [1.29, 1.82) is 0 Å². The van der Waals surface area contributed by atoms with Crippen molar-refractivity contribution < 1.29 is 53.8 Å². The molecule has 0 amide bonds. The van der Waals surface area contributed by atoms with Gasteiger partial charge in [0.2, 0.25) is 0 Å². The molecule has 2 atom stereocenters. The zero-order valence-electron chi connectivity index (χ0n) is 26.1. The Morgan fingerprint density at radius 1 is 1.00 bits per heavy atom. The number of furan rings is 1. The fourth-order valence-electron chi connectivity index (χ4n) is 5.84. The molecule has 0 spiro atoms. The molecule has 0 saturated heterocycles. The normalized spacial score (nSPS) is 16.4. The molecular formula is C31H31F9N6O3. The van der Waals surface area contributed by atoms with Crippen LogP contribution in [0.5, 0.6) is 0 Å². The topological polar surface area (TPSA) is 92.7 Å². The van der Waals surface area contributed by atoms with Crippen molar-refractivity contribution in [3.63, 3.8) is 0 Å². The van der Waals surface area contributed by atoms with E-state index in [2.05, 4.69) is 15.4 Å². The smallest absolute Gasteiger partial charge is 0.416 e. The van der Waals surface area contributed by atoms with Crippen LogP contribution in [-0.2, 0) is 43.5 Å². The van der Waals surface area contributed by atoms with Gasteiger partial charge in [0.25, 0.3) is 5.95 Å². The summed E-state index contributed by atoms with van der Waals surface area (Å²) < 4.78 is 136. The van der Waals surface area contributed by atoms with Crippen LogP contribution in [0.3, 0.4) is 0 Å². The zero-order valence-corrected chi connectivity index (χ0v) is 26.1. The van der Waals surface area contributed by atoms with Gasteiger partial charge >= 0.3 is 18.5 Å². The number of ether oxygens (including phenoxy) is 1. The number of anilines is 2.